The van der Waals surface area contributed by atoms with Crippen LogP contribution in [0.4, 0.5) is 0 Å². The summed E-state index contributed by atoms with van der Waals surface area (Å²) in [6.07, 6.45) is 1.25. The van der Waals surface area contributed by atoms with Crippen LogP contribution in [0, 0.1) is 0 Å². The Bertz CT molecular complexity index is 254. The maximum Gasteiger partial charge on any atom is 0.305 e. The van der Waals surface area contributed by atoms with Crippen molar-refractivity contribution in [2.75, 3.05) is 0 Å². The molecular formula is C10H17NO4. The van der Waals surface area contributed by atoms with Gasteiger partial charge in [-0.2, -0.15) is 0 Å². The van der Waals surface area contributed by atoms with Gasteiger partial charge < -0.3 is 15.2 Å². The van der Waals surface area contributed by atoms with E-state index in [0.29, 0.717) is 6.42 Å². The van der Waals surface area contributed by atoms with Gasteiger partial charge in [-0.25, -0.2) is 0 Å². The fourth-order valence-corrected chi connectivity index (χ4v) is 1.64. The van der Waals surface area contributed by atoms with Crippen LogP contribution >= 0.6 is 0 Å². The van der Waals surface area contributed by atoms with E-state index in [4.69, 9.17) is 9.84 Å². The lowest BCUT2D eigenvalue weighted by atomic mass is 10.2. The van der Waals surface area contributed by atoms with Crippen molar-refractivity contribution in [2.45, 2.75) is 51.4 Å². The van der Waals surface area contributed by atoms with E-state index in [1.165, 1.54) is 0 Å². The molecule has 15 heavy (non-hydrogen) atoms. The van der Waals surface area contributed by atoms with Crippen molar-refractivity contribution in [3.05, 3.63) is 0 Å². The fraction of sp³-hybridized carbons (Fsp3) is 0.800. The van der Waals surface area contributed by atoms with Crippen LogP contribution in [0.5, 0.6) is 0 Å². The summed E-state index contributed by atoms with van der Waals surface area (Å²) >= 11 is 0. The van der Waals surface area contributed by atoms with Gasteiger partial charge in [0.05, 0.1) is 12.5 Å². The molecule has 1 fully saturated rings. The molecule has 0 spiro atoms. The lowest BCUT2D eigenvalue weighted by Crippen LogP contribution is -2.40. The van der Waals surface area contributed by atoms with Gasteiger partial charge in [0.15, 0.2) is 0 Å². The minimum atomic E-state index is -0.913. The average Bonchev–Trinajstić information content (AvgIpc) is 2.49. The van der Waals surface area contributed by atoms with Gasteiger partial charge in [-0.3, -0.25) is 9.59 Å². The lowest BCUT2D eigenvalue weighted by Gasteiger charge is -2.15. The molecule has 86 valence electrons. The second-order valence-electron chi connectivity index (χ2n) is 4.02. The van der Waals surface area contributed by atoms with E-state index in [9.17, 15) is 9.59 Å². The molecule has 1 amide bonds. The van der Waals surface area contributed by atoms with Crippen molar-refractivity contribution in [1.82, 2.24) is 5.32 Å². The molecule has 2 N–H and O–H groups in total. The van der Waals surface area contributed by atoms with Crippen molar-refractivity contribution in [3.8, 4) is 0 Å². The molecule has 0 saturated carbocycles. The third-order valence-corrected chi connectivity index (χ3v) is 2.39. The predicted molar refractivity (Wildman–Crippen MR) is 53.4 cm³/mol. The molecular weight excluding hydrogens is 198 g/mol. The van der Waals surface area contributed by atoms with E-state index in [0.717, 1.165) is 6.42 Å². The van der Waals surface area contributed by atoms with E-state index in [1.807, 2.05) is 6.92 Å². The molecule has 2 unspecified atom stereocenters. The Morgan fingerprint density at radius 3 is 2.67 bits per heavy atom. The second kappa shape index (κ2) is 5.11. The van der Waals surface area contributed by atoms with E-state index in [1.54, 1.807) is 6.92 Å². The number of carbonyl (C=O) groups is 2. The van der Waals surface area contributed by atoms with Gasteiger partial charge in [0.2, 0.25) is 5.91 Å². The zero-order valence-corrected chi connectivity index (χ0v) is 9.03. The smallest absolute Gasteiger partial charge is 0.305 e. The van der Waals surface area contributed by atoms with Crippen molar-refractivity contribution in [3.63, 3.8) is 0 Å². The summed E-state index contributed by atoms with van der Waals surface area (Å²) in [6.45, 7) is 3.60. The Labute approximate surface area is 88.8 Å². The third-order valence-electron chi connectivity index (χ3n) is 2.39. The van der Waals surface area contributed by atoms with Gasteiger partial charge in [-0.05, 0) is 26.7 Å². The molecule has 0 radical (unpaired) electrons. The van der Waals surface area contributed by atoms with Crippen molar-refractivity contribution < 1.29 is 19.4 Å². The zero-order valence-electron chi connectivity index (χ0n) is 9.03. The molecule has 1 heterocycles. The average molecular weight is 215 g/mol. The Balaban J connectivity index is 2.32. The summed E-state index contributed by atoms with van der Waals surface area (Å²) in [4.78, 5) is 21.9. The van der Waals surface area contributed by atoms with Gasteiger partial charge >= 0.3 is 5.97 Å². The first-order chi connectivity index (χ1) is 6.99. The van der Waals surface area contributed by atoms with Crippen LogP contribution in [-0.4, -0.2) is 35.2 Å². The number of amides is 1. The summed E-state index contributed by atoms with van der Waals surface area (Å²) in [6, 6.07) is -0.352. The molecule has 1 rings (SSSR count). The highest BCUT2D eigenvalue weighted by Crippen LogP contribution is 2.19. The number of carboxylic acid groups (broad SMARTS) is 1. The summed E-state index contributed by atoms with van der Waals surface area (Å²) in [5.74, 6) is -1.11. The normalized spacial score (nSPS) is 27.3. The molecule has 0 bridgehead atoms. The minimum Gasteiger partial charge on any atom is -0.481 e. The van der Waals surface area contributed by atoms with Crippen molar-refractivity contribution >= 4 is 11.9 Å². The number of hydrogen-bond donors (Lipinski definition) is 2. The summed E-state index contributed by atoms with van der Waals surface area (Å²) in [7, 11) is 0. The first-order valence-electron chi connectivity index (χ1n) is 5.16. The number of rotatable bonds is 4. The highest BCUT2D eigenvalue weighted by atomic mass is 16.5. The van der Waals surface area contributed by atoms with Crippen LogP contribution in [-0.2, 0) is 14.3 Å². The maximum absolute atomic E-state index is 11.6. The number of aliphatic carboxylic acids is 1. The van der Waals surface area contributed by atoms with E-state index in [-0.39, 0.29) is 24.5 Å². The highest BCUT2D eigenvalue weighted by Gasteiger charge is 2.28. The Morgan fingerprint density at radius 2 is 2.20 bits per heavy atom. The van der Waals surface area contributed by atoms with Crippen LogP contribution in [0.1, 0.15) is 33.1 Å². The molecule has 3 atom stereocenters. The fourth-order valence-electron chi connectivity index (χ4n) is 1.64. The number of carbonyl (C=O) groups excluding carboxylic acids is 1. The molecule has 0 aromatic heterocycles. The quantitative estimate of drug-likeness (QED) is 0.717. The monoisotopic (exact) mass is 215 g/mol. The zero-order chi connectivity index (χ0) is 11.4. The first-order valence-corrected chi connectivity index (χ1v) is 5.16. The summed E-state index contributed by atoms with van der Waals surface area (Å²) in [5, 5.41) is 11.2. The molecule has 5 nitrogen and oxygen atoms in total. The molecule has 1 saturated heterocycles. The lowest BCUT2D eigenvalue weighted by molar-refractivity contribution is -0.138. The second-order valence-corrected chi connectivity index (χ2v) is 4.02. The van der Waals surface area contributed by atoms with Crippen LogP contribution in [0.15, 0.2) is 0 Å². The molecule has 5 heteroatoms. The van der Waals surface area contributed by atoms with Crippen molar-refractivity contribution in [1.29, 1.82) is 0 Å². The van der Waals surface area contributed by atoms with Crippen LogP contribution in [0.2, 0.25) is 0 Å². The minimum absolute atomic E-state index is 0.0615. The van der Waals surface area contributed by atoms with Gasteiger partial charge in [-0.1, -0.05) is 0 Å². The van der Waals surface area contributed by atoms with E-state index in [2.05, 4.69) is 5.32 Å². The number of carboxylic acids is 1. The van der Waals surface area contributed by atoms with Gasteiger partial charge in [0, 0.05) is 6.04 Å². The summed E-state index contributed by atoms with van der Waals surface area (Å²) in [5.41, 5.74) is 0. The topological polar surface area (TPSA) is 75.6 Å². The standard InChI is InChI=1S/C10H17NO4/c1-6(5-9(12)13)11-10(14)8-4-3-7(2)15-8/h6-8H,3-5H2,1-2H3,(H,11,14)(H,12,13)/t6-,7?,8?/m1/s1. The Kier molecular flexibility index (Phi) is 4.08. The largest absolute Gasteiger partial charge is 0.481 e. The van der Waals surface area contributed by atoms with E-state index < -0.39 is 12.1 Å². The number of nitrogens with one attached hydrogen (secondary N) is 1. The SMILES string of the molecule is CC1CCC(C(=O)N[C@H](C)CC(=O)O)O1. The van der Waals surface area contributed by atoms with Crippen LogP contribution in [0.25, 0.3) is 0 Å². The van der Waals surface area contributed by atoms with Gasteiger partial charge in [0.25, 0.3) is 0 Å². The van der Waals surface area contributed by atoms with E-state index >= 15 is 0 Å². The van der Waals surface area contributed by atoms with Gasteiger partial charge in [-0.15, -0.1) is 0 Å². The van der Waals surface area contributed by atoms with Crippen LogP contribution < -0.4 is 5.32 Å². The number of hydrogen-bond acceptors (Lipinski definition) is 3. The number of ether oxygens (including phenoxy) is 1. The molecule has 0 aliphatic carbocycles. The van der Waals surface area contributed by atoms with Crippen LogP contribution in [0.3, 0.4) is 0 Å². The molecule has 1 aliphatic heterocycles. The third kappa shape index (κ3) is 3.87. The highest BCUT2D eigenvalue weighted by molar-refractivity contribution is 5.81. The maximum atomic E-state index is 11.6. The predicted octanol–water partition coefficient (Wildman–Crippen LogP) is 0.533. The Hall–Kier alpha value is -1.10. The molecule has 0 aromatic carbocycles. The first kappa shape index (κ1) is 12.0. The molecule has 1 aliphatic rings. The van der Waals surface area contributed by atoms with Crippen molar-refractivity contribution in [2.24, 2.45) is 0 Å². The summed E-state index contributed by atoms with van der Waals surface area (Å²) < 4.78 is 5.37. The Morgan fingerprint density at radius 1 is 1.53 bits per heavy atom. The van der Waals surface area contributed by atoms with Gasteiger partial charge in [0.1, 0.15) is 6.10 Å². The molecule has 0 aromatic rings.